The maximum absolute atomic E-state index is 12.1. The van der Waals surface area contributed by atoms with Crippen LogP contribution in [-0.4, -0.2) is 41.2 Å². The van der Waals surface area contributed by atoms with Crippen LogP contribution in [-0.2, 0) is 10.5 Å². The summed E-state index contributed by atoms with van der Waals surface area (Å²) in [6.45, 7) is 2.23. The van der Waals surface area contributed by atoms with Gasteiger partial charge in [0, 0.05) is 24.5 Å². The van der Waals surface area contributed by atoms with Crippen molar-refractivity contribution in [3.05, 3.63) is 30.2 Å². The van der Waals surface area contributed by atoms with E-state index >= 15 is 0 Å². The van der Waals surface area contributed by atoms with Gasteiger partial charge in [-0.25, -0.2) is 0 Å². The summed E-state index contributed by atoms with van der Waals surface area (Å²) < 4.78 is 5.44. The molecule has 1 amide bonds. The van der Waals surface area contributed by atoms with Gasteiger partial charge in [0.15, 0.2) is 0 Å². The molecule has 0 saturated carbocycles. The number of amides is 1. The molecule has 0 aliphatic carbocycles. The number of nitrogens with zero attached hydrogens (tertiary/aromatic N) is 3. The van der Waals surface area contributed by atoms with E-state index in [2.05, 4.69) is 32.5 Å². The Labute approximate surface area is 156 Å². The van der Waals surface area contributed by atoms with Crippen molar-refractivity contribution < 1.29 is 9.21 Å². The minimum Gasteiger partial charge on any atom is -0.415 e. The van der Waals surface area contributed by atoms with Crippen molar-refractivity contribution in [3.8, 4) is 0 Å². The molecule has 0 unspecified atom stereocenters. The number of hydrogen-bond donors (Lipinski definition) is 1. The predicted molar refractivity (Wildman–Crippen MR) is 103 cm³/mol. The normalized spacial score (nSPS) is 14.5. The molecule has 25 heavy (non-hydrogen) atoms. The Morgan fingerprint density at radius 2 is 1.96 bits per heavy atom. The largest absolute Gasteiger partial charge is 0.415 e. The first-order chi connectivity index (χ1) is 12.2. The zero-order valence-corrected chi connectivity index (χ0v) is 15.9. The number of hydrogen-bond acceptors (Lipinski definition) is 7. The molecular formula is C17H22N4O2S2. The SMILES string of the molecule is CSCc1nnc(SCC(=O)Nc2ccc(N3CCCCC3)cc2)o1. The van der Waals surface area contributed by atoms with Crippen molar-refractivity contribution in [1.82, 2.24) is 10.2 Å². The average Bonchev–Trinajstić information content (AvgIpc) is 3.09. The van der Waals surface area contributed by atoms with Gasteiger partial charge in [-0.2, -0.15) is 11.8 Å². The van der Waals surface area contributed by atoms with Gasteiger partial charge in [-0.1, -0.05) is 11.8 Å². The van der Waals surface area contributed by atoms with E-state index in [0.29, 0.717) is 16.9 Å². The van der Waals surface area contributed by atoms with E-state index in [4.69, 9.17) is 4.42 Å². The Morgan fingerprint density at radius 1 is 1.20 bits per heavy atom. The van der Waals surface area contributed by atoms with E-state index in [-0.39, 0.29) is 11.7 Å². The molecule has 3 rings (SSSR count). The van der Waals surface area contributed by atoms with E-state index in [9.17, 15) is 4.79 Å². The summed E-state index contributed by atoms with van der Waals surface area (Å²) in [6.07, 6.45) is 5.80. The standard InChI is InChI=1S/C17H22N4O2S2/c1-24-12-16-19-20-17(23-16)25-11-15(22)18-13-5-7-14(8-6-13)21-9-3-2-4-10-21/h5-8H,2-4,9-12H2,1H3,(H,18,22). The van der Waals surface area contributed by atoms with Gasteiger partial charge in [-0.15, -0.1) is 10.2 Å². The first kappa shape index (κ1) is 18.1. The highest BCUT2D eigenvalue weighted by molar-refractivity contribution is 7.99. The quantitative estimate of drug-likeness (QED) is 0.737. The third kappa shape index (κ3) is 5.40. The minimum atomic E-state index is -0.0830. The number of nitrogens with one attached hydrogen (secondary N) is 1. The molecule has 1 aromatic heterocycles. The fourth-order valence-corrected chi connectivity index (χ4v) is 3.65. The molecule has 0 radical (unpaired) electrons. The topological polar surface area (TPSA) is 71.3 Å². The van der Waals surface area contributed by atoms with Gasteiger partial charge >= 0.3 is 0 Å². The van der Waals surface area contributed by atoms with Crippen LogP contribution in [0.2, 0.25) is 0 Å². The van der Waals surface area contributed by atoms with Gasteiger partial charge in [0.1, 0.15) is 0 Å². The van der Waals surface area contributed by atoms with Crippen molar-refractivity contribution in [2.75, 3.05) is 35.3 Å². The number of carbonyl (C=O) groups excluding carboxylic acids is 1. The Kier molecular flexibility index (Phi) is 6.63. The molecule has 0 bridgehead atoms. The third-order valence-electron chi connectivity index (χ3n) is 3.92. The van der Waals surface area contributed by atoms with Crippen LogP contribution < -0.4 is 10.2 Å². The lowest BCUT2D eigenvalue weighted by Gasteiger charge is -2.28. The van der Waals surface area contributed by atoms with Crippen molar-refractivity contribution in [3.63, 3.8) is 0 Å². The molecule has 134 valence electrons. The smallest absolute Gasteiger partial charge is 0.277 e. The lowest BCUT2D eigenvalue weighted by Crippen LogP contribution is -2.29. The maximum atomic E-state index is 12.1. The highest BCUT2D eigenvalue weighted by Crippen LogP contribution is 2.22. The zero-order valence-electron chi connectivity index (χ0n) is 14.2. The highest BCUT2D eigenvalue weighted by Gasteiger charge is 2.12. The number of aromatic nitrogens is 2. The van der Waals surface area contributed by atoms with Crippen LogP contribution in [0.1, 0.15) is 25.2 Å². The van der Waals surface area contributed by atoms with Crippen LogP contribution in [0.15, 0.2) is 33.9 Å². The second kappa shape index (κ2) is 9.15. The summed E-state index contributed by atoms with van der Waals surface area (Å²) in [5.41, 5.74) is 2.03. The van der Waals surface area contributed by atoms with Gasteiger partial charge in [-0.05, 0) is 49.8 Å². The molecule has 1 aliphatic rings. The minimum absolute atomic E-state index is 0.0830. The second-order valence-corrected chi connectivity index (χ2v) is 7.62. The third-order valence-corrected chi connectivity index (χ3v) is 5.27. The van der Waals surface area contributed by atoms with Crippen molar-refractivity contribution in [1.29, 1.82) is 0 Å². The zero-order chi connectivity index (χ0) is 17.5. The van der Waals surface area contributed by atoms with Gasteiger partial charge < -0.3 is 14.6 Å². The molecule has 6 nitrogen and oxygen atoms in total. The molecule has 0 atom stereocenters. The van der Waals surface area contributed by atoms with Crippen LogP contribution in [0.5, 0.6) is 0 Å². The summed E-state index contributed by atoms with van der Waals surface area (Å²) >= 11 is 2.87. The highest BCUT2D eigenvalue weighted by atomic mass is 32.2. The van der Waals surface area contributed by atoms with Crippen LogP contribution >= 0.6 is 23.5 Å². The van der Waals surface area contributed by atoms with Gasteiger partial charge in [0.25, 0.3) is 5.22 Å². The van der Waals surface area contributed by atoms with Crippen LogP contribution in [0.3, 0.4) is 0 Å². The van der Waals surface area contributed by atoms with Crippen LogP contribution in [0, 0.1) is 0 Å². The number of benzene rings is 1. The van der Waals surface area contributed by atoms with E-state index in [1.165, 1.54) is 36.7 Å². The predicted octanol–water partition coefficient (Wildman–Crippen LogP) is 3.65. The number of anilines is 2. The lowest BCUT2D eigenvalue weighted by molar-refractivity contribution is -0.113. The van der Waals surface area contributed by atoms with Crippen molar-refractivity contribution in [2.45, 2.75) is 30.2 Å². The van der Waals surface area contributed by atoms with Crippen LogP contribution in [0.4, 0.5) is 11.4 Å². The fourth-order valence-electron chi connectivity index (χ4n) is 2.71. The molecule has 8 heteroatoms. The Balaban J connectivity index is 1.47. The average molecular weight is 379 g/mol. The molecule has 1 saturated heterocycles. The van der Waals surface area contributed by atoms with E-state index in [0.717, 1.165) is 18.8 Å². The van der Waals surface area contributed by atoms with E-state index in [1.54, 1.807) is 11.8 Å². The fraction of sp³-hybridized carbons (Fsp3) is 0.471. The molecule has 2 aromatic rings. The summed E-state index contributed by atoms with van der Waals surface area (Å²) in [4.78, 5) is 14.5. The van der Waals surface area contributed by atoms with E-state index in [1.807, 2.05) is 18.4 Å². The van der Waals surface area contributed by atoms with Gasteiger partial charge in [0.05, 0.1) is 11.5 Å². The monoisotopic (exact) mass is 378 g/mol. The van der Waals surface area contributed by atoms with Crippen molar-refractivity contribution in [2.24, 2.45) is 0 Å². The Hall–Kier alpha value is -1.67. The molecule has 0 spiro atoms. The molecule has 1 N–H and O–H groups in total. The van der Waals surface area contributed by atoms with Crippen molar-refractivity contribution >= 4 is 40.8 Å². The summed E-state index contributed by atoms with van der Waals surface area (Å²) in [7, 11) is 0. The van der Waals surface area contributed by atoms with Gasteiger partial charge in [-0.3, -0.25) is 4.79 Å². The molecule has 2 heterocycles. The molecule has 1 aromatic carbocycles. The molecule has 1 aliphatic heterocycles. The first-order valence-electron chi connectivity index (χ1n) is 8.33. The molecule has 1 fully saturated rings. The summed E-state index contributed by atoms with van der Waals surface area (Å²) in [5, 5.41) is 11.2. The molecular weight excluding hydrogens is 356 g/mol. The number of thioether (sulfide) groups is 2. The summed E-state index contributed by atoms with van der Waals surface area (Å²) in [5.74, 6) is 1.43. The lowest BCUT2D eigenvalue weighted by atomic mass is 10.1. The first-order valence-corrected chi connectivity index (χ1v) is 10.7. The van der Waals surface area contributed by atoms with Crippen LogP contribution in [0.25, 0.3) is 0 Å². The second-order valence-electron chi connectivity index (χ2n) is 5.83. The number of piperidine rings is 1. The van der Waals surface area contributed by atoms with Gasteiger partial charge in [0.2, 0.25) is 11.8 Å². The van der Waals surface area contributed by atoms with E-state index < -0.39 is 0 Å². The Bertz CT molecular complexity index is 684. The number of carbonyl (C=O) groups is 1. The summed E-state index contributed by atoms with van der Waals surface area (Å²) in [6, 6.07) is 8.05. The maximum Gasteiger partial charge on any atom is 0.277 e. The number of rotatable bonds is 7. The Morgan fingerprint density at radius 3 is 2.68 bits per heavy atom.